The van der Waals surface area contributed by atoms with Crippen molar-refractivity contribution in [1.82, 2.24) is 4.48 Å². The van der Waals surface area contributed by atoms with Crippen molar-refractivity contribution in [1.29, 1.82) is 0 Å². The fourth-order valence-electron chi connectivity index (χ4n) is 19.3. The molecular formula is C70H63BN2S. The lowest BCUT2D eigenvalue weighted by Gasteiger charge is -2.57. The molecule has 8 bridgehead atoms. The number of hydrogen-bond donors (Lipinski definition) is 0. The normalized spacial score (nSPS) is 27.9. The minimum atomic E-state index is -0.0110. The van der Waals surface area contributed by atoms with Crippen molar-refractivity contribution in [3.8, 4) is 22.3 Å². The number of fused-ring (bicyclic) bond motifs is 12. The first kappa shape index (κ1) is 42.2. The predicted octanol–water partition coefficient (Wildman–Crippen LogP) is 17.6. The third-order valence-electron chi connectivity index (χ3n) is 21.5. The van der Waals surface area contributed by atoms with E-state index >= 15 is 0 Å². The van der Waals surface area contributed by atoms with Gasteiger partial charge in [0.1, 0.15) is 0 Å². The number of anilines is 3. The lowest BCUT2D eigenvalue weighted by atomic mass is 9.44. The molecule has 2 aromatic heterocycles. The average molecular weight is 975 g/mol. The molecule has 362 valence electrons. The van der Waals surface area contributed by atoms with Crippen LogP contribution in [0.4, 0.5) is 16.4 Å². The highest BCUT2D eigenvalue weighted by Crippen LogP contribution is 2.64. The second-order valence-corrected chi connectivity index (χ2v) is 28.0. The predicted molar refractivity (Wildman–Crippen MR) is 314 cm³/mol. The maximum Gasteiger partial charge on any atom is 0.334 e. The zero-order chi connectivity index (χ0) is 48.6. The molecule has 0 saturated heterocycles. The maximum absolute atomic E-state index is 2.92. The van der Waals surface area contributed by atoms with Crippen LogP contribution in [-0.2, 0) is 16.2 Å². The lowest BCUT2D eigenvalue weighted by Crippen LogP contribution is -2.56. The van der Waals surface area contributed by atoms with E-state index in [1.165, 1.54) is 186 Å². The van der Waals surface area contributed by atoms with E-state index in [0.29, 0.717) is 5.41 Å². The van der Waals surface area contributed by atoms with Gasteiger partial charge >= 0.3 is 6.85 Å². The van der Waals surface area contributed by atoms with Gasteiger partial charge in [0.15, 0.2) is 0 Å². The Morgan fingerprint density at radius 3 is 1.77 bits per heavy atom. The lowest BCUT2D eigenvalue weighted by molar-refractivity contribution is -0.00527. The molecule has 8 fully saturated rings. The summed E-state index contributed by atoms with van der Waals surface area (Å²) in [6.07, 6.45) is 17.1. The molecule has 8 aromatic carbocycles. The summed E-state index contributed by atoms with van der Waals surface area (Å²) < 4.78 is 4.29. The van der Waals surface area contributed by atoms with Gasteiger partial charge in [-0.05, 0) is 249 Å². The first-order valence-electron chi connectivity index (χ1n) is 28.8. The van der Waals surface area contributed by atoms with Crippen molar-refractivity contribution >= 4 is 98.9 Å². The Morgan fingerprint density at radius 2 is 1.09 bits per heavy atom. The van der Waals surface area contributed by atoms with Gasteiger partial charge in [-0.25, -0.2) is 0 Å². The van der Waals surface area contributed by atoms with Gasteiger partial charge in [-0.2, -0.15) is 0 Å². The highest BCUT2D eigenvalue weighted by molar-refractivity contribution is 7.26. The molecule has 2 aliphatic heterocycles. The van der Waals surface area contributed by atoms with Gasteiger partial charge in [-0.15, -0.1) is 11.3 Å². The van der Waals surface area contributed by atoms with Crippen molar-refractivity contribution in [2.75, 3.05) is 4.90 Å². The quantitative estimate of drug-likeness (QED) is 0.160. The summed E-state index contributed by atoms with van der Waals surface area (Å²) >= 11 is 2.01. The SMILES string of the molecule is CC(C)(C)c1ccc(N2c3cc4ccccc4c4c3B(c3c2sc2cc5ccccc5cc32)n2c3ccc(C56CC7CC(CC(C7)C5)C6)cc3c3cc(C56CC7CC(CC(C7)C5)C6)cc-4c32)c(-c2ccccc2)c1. The summed E-state index contributed by atoms with van der Waals surface area (Å²) in [5.74, 6) is 5.37. The van der Waals surface area contributed by atoms with E-state index in [1.807, 2.05) is 11.3 Å². The summed E-state index contributed by atoms with van der Waals surface area (Å²) in [4.78, 5) is 2.75. The van der Waals surface area contributed by atoms with Gasteiger partial charge in [0.25, 0.3) is 0 Å². The zero-order valence-corrected chi connectivity index (χ0v) is 44.0. The van der Waals surface area contributed by atoms with Crippen molar-refractivity contribution in [2.24, 2.45) is 35.5 Å². The largest absolute Gasteiger partial charge is 0.375 e. The molecule has 0 amide bonds. The molecule has 10 aromatic rings. The van der Waals surface area contributed by atoms with Crippen molar-refractivity contribution in [3.63, 3.8) is 0 Å². The van der Waals surface area contributed by atoms with E-state index in [9.17, 15) is 0 Å². The van der Waals surface area contributed by atoms with Crippen LogP contribution in [0.2, 0.25) is 0 Å². The van der Waals surface area contributed by atoms with Gasteiger partial charge in [0.2, 0.25) is 0 Å². The Hall–Kier alpha value is -6.10. The monoisotopic (exact) mass is 974 g/mol. The van der Waals surface area contributed by atoms with Gasteiger partial charge < -0.3 is 9.38 Å². The zero-order valence-electron chi connectivity index (χ0n) is 43.2. The molecule has 10 aliphatic rings. The summed E-state index contributed by atoms with van der Waals surface area (Å²) in [5, 5.41) is 11.1. The van der Waals surface area contributed by atoms with Crippen molar-refractivity contribution < 1.29 is 0 Å². The summed E-state index contributed by atoms with van der Waals surface area (Å²) in [7, 11) is 0. The second-order valence-electron chi connectivity index (χ2n) is 26.9. The minimum Gasteiger partial charge on any atom is -0.375 e. The number of hydrogen-bond acceptors (Lipinski definition) is 2. The van der Waals surface area contributed by atoms with Crippen LogP contribution in [-0.4, -0.2) is 11.3 Å². The van der Waals surface area contributed by atoms with Gasteiger partial charge in [-0.1, -0.05) is 112 Å². The molecule has 0 N–H and O–H groups in total. The first-order chi connectivity index (χ1) is 36.1. The van der Waals surface area contributed by atoms with Crippen LogP contribution < -0.4 is 15.8 Å². The van der Waals surface area contributed by atoms with Crippen LogP contribution in [0.5, 0.6) is 0 Å². The van der Waals surface area contributed by atoms with Crippen LogP contribution in [0.15, 0.2) is 146 Å². The molecule has 0 unspecified atom stereocenters. The Balaban J connectivity index is 0.988. The molecule has 4 heteroatoms. The van der Waals surface area contributed by atoms with Crippen LogP contribution in [0.3, 0.4) is 0 Å². The number of rotatable bonds is 4. The number of aromatic nitrogens is 1. The van der Waals surface area contributed by atoms with Gasteiger partial charge in [0.05, 0.1) is 10.7 Å². The van der Waals surface area contributed by atoms with Crippen LogP contribution >= 0.6 is 11.3 Å². The summed E-state index contributed by atoms with van der Waals surface area (Å²) in [6, 6.07) is 58.7. The maximum atomic E-state index is 2.92. The Kier molecular flexibility index (Phi) is 8.22. The van der Waals surface area contributed by atoms with Crippen LogP contribution in [0, 0.1) is 35.5 Å². The average Bonchev–Trinajstić information content (AvgIpc) is 4.12. The highest BCUT2D eigenvalue weighted by Gasteiger charge is 2.54. The summed E-state index contributed by atoms with van der Waals surface area (Å²) in [5.41, 5.74) is 19.2. The Bertz CT molecular complexity index is 4040. The summed E-state index contributed by atoms with van der Waals surface area (Å²) in [6.45, 7) is 7.07. The van der Waals surface area contributed by atoms with E-state index in [1.54, 1.807) is 11.1 Å². The third kappa shape index (κ3) is 5.64. The minimum absolute atomic E-state index is 0.00539. The highest BCUT2D eigenvalue weighted by atomic mass is 32.1. The number of nitrogens with zero attached hydrogens (tertiary/aromatic N) is 2. The number of thiophene rings is 1. The molecule has 0 radical (unpaired) electrons. The molecule has 8 aliphatic carbocycles. The first-order valence-corrected chi connectivity index (χ1v) is 29.6. The molecule has 74 heavy (non-hydrogen) atoms. The van der Waals surface area contributed by atoms with Gasteiger partial charge in [-0.3, -0.25) is 0 Å². The van der Waals surface area contributed by atoms with E-state index in [-0.39, 0.29) is 17.7 Å². The van der Waals surface area contributed by atoms with Crippen LogP contribution in [0.1, 0.15) is 115 Å². The van der Waals surface area contributed by atoms with E-state index < -0.39 is 0 Å². The third-order valence-corrected chi connectivity index (χ3v) is 22.7. The van der Waals surface area contributed by atoms with Gasteiger partial charge in [0, 0.05) is 43.3 Å². The topological polar surface area (TPSA) is 8.17 Å². The van der Waals surface area contributed by atoms with Crippen molar-refractivity contribution in [2.45, 2.75) is 114 Å². The Labute approximate surface area is 439 Å². The molecule has 8 saturated carbocycles. The standard InChI is InChI=1S/C70H63BN2S/c1-68(2,3)50-17-19-59(54(30-50)46-11-5-4-6-12-46)72-61-28-49-15-9-10-16-53(49)63-58-33-52(70-37-43-24-44(38-70)26-45(25-43)39-70)32-56-55-31-51(69-34-40-21-41(35-69)23-42(22-40)36-69)18-20-60(55)73(66(56)58)71(65(61)63)64-57-27-47-13-7-8-14-48(47)29-62(57)74-67(64)72/h4-20,27-33,40-45H,21-26,34-39H2,1-3H3. The van der Waals surface area contributed by atoms with Crippen LogP contribution in [0.25, 0.3) is 75.7 Å². The molecular weight excluding hydrogens is 912 g/mol. The molecule has 0 spiro atoms. The molecule has 0 atom stereocenters. The fourth-order valence-corrected chi connectivity index (χ4v) is 20.6. The second kappa shape index (κ2) is 14.4. The fraction of sp³-hybridized carbons (Fsp3) is 0.343. The number of benzene rings is 8. The molecule has 2 nitrogen and oxygen atoms in total. The van der Waals surface area contributed by atoms with E-state index in [0.717, 1.165) is 35.5 Å². The Morgan fingerprint density at radius 1 is 0.486 bits per heavy atom. The smallest absolute Gasteiger partial charge is 0.334 e. The van der Waals surface area contributed by atoms with E-state index in [2.05, 4.69) is 176 Å². The van der Waals surface area contributed by atoms with E-state index in [4.69, 9.17) is 0 Å². The molecule has 4 heterocycles. The van der Waals surface area contributed by atoms with Crippen molar-refractivity contribution in [3.05, 3.63) is 162 Å². The molecule has 20 rings (SSSR count).